The molecule has 1 aromatic heterocycles. The van der Waals surface area contributed by atoms with Crippen LogP contribution in [0.25, 0.3) is 6.08 Å². The third kappa shape index (κ3) is 4.18. The molecule has 2 aromatic rings. The highest BCUT2D eigenvalue weighted by Crippen LogP contribution is 2.34. The lowest BCUT2D eigenvalue weighted by Crippen LogP contribution is -2.32. The van der Waals surface area contributed by atoms with Crippen LogP contribution in [-0.2, 0) is 16.1 Å². The quantitative estimate of drug-likeness (QED) is 0.775. The number of aromatic nitrogens is 1. The zero-order chi connectivity index (χ0) is 21.4. The first kappa shape index (κ1) is 19.8. The fourth-order valence-electron chi connectivity index (χ4n) is 4.91. The van der Waals surface area contributed by atoms with Crippen LogP contribution in [0.1, 0.15) is 11.1 Å². The standard InChI is InChI=1S/C24H27N5O2/c1-27-11-18-9-17(10-25-24(18)26-22(30)16-27)7-8-23(31)29-14-19-12-28(13-20(19)15-29)21-5-3-2-4-6-21/h2-10,19-20H,11-16H2,1H3,(H,25,26,30). The van der Waals surface area contributed by atoms with Gasteiger partial charge in [0.2, 0.25) is 11.8 Å². The predicted octanol–water partition coefficient (Wildman–Crippen LogP) is 2.07. The molecule has 31 heavy (non-hydrogen) atoms. The number of likely N-dealkylation sites (tertiary alicyclic amines) is 1. The number of pyridine rings is 1. The van der Waals surface area contributed by atoms with Gasteiger partial charge in [0.1, 0.15) is 5.82 Å². The molecule has 4 heterocycles. The molecule has 160 valence electrons. The topological polar surface area (TPSA) is 68.8 Å². The molecule has 3 aliphatic rings. The van der Waals surface area contributed by atoms with Crippen LogP contribution in [0.5, 0.6) is 0 Å². The molecule has 3 aliphatic heterocycles. The van der Waals surface area contributed by atoms with Crippen LogP contribution in [0.4, 0.5) is 11.5 Å². The summed E-state index contributed by atoms with van der Waals surface area (Å²) in [5, 5.41) is 2.83. The highest BCUT2D eigenvalue weighted by molar-refractivity contribution is 5.93. The van der Waals surface area contributed by atoms with E-state index >= 15 is 0 Å². The maximum Gasteiger partial charge on any atom is 0.246 e. The van der Waals surface area contributed by atoms with Crippen LogP contribution < -0.4 is 10.2 Å². The molecule has 2 unspecified atom stereocenters. The highest BCUT2D eigenvalue weighted by Gasteiger charge is 2.41. The lowest BCUT2D eigenvalue weighted by molar-refractivity contribution is -0.125. The van der Waals surface area contributed by atoms with Gasteiger partial charge in [0.25, 0.3) is 0 Å². The normalized spacial score (nSPS) is 23.6. The van der Waals surface area contributed by atoms with E-state index in [-0.39, 0.29) is 11.8 Å². The number of carbonyl (C=O) groups is 2. The van der Waals surface area contributed by atoms with Crippen molar-refractivity contribution in [2.24, 2.45) is 11.8 Å². The lowest BCUT2D eigenvalue weighted by Gasteiger charge is -2.22. The van der Waals surface area contributed by atoms with E-state index in [1.807, 2.05) is 35.1 Å². The predicted molar refractivity (Wildman–Crippen MR) is 120 cm³/mol. The van der Waals surface area contributed by atoms with Crippen LogP contribution in [0.2, 0.25) is 0 Å². The number of para-hydroxylation sites is 1. The number of benzene rings is 1. The third-order valence-corrected chi connectivity index (χ3v) is 6.44. The highest BCUT2D eigenvalue weighted by atomic mass is 16.2. The number of likely N-dealkylation sites (N-methyl/N-ethyl adjacent to an activating group) is 1. The average Bonchev–Trinajstić information content (AvgIpc) is 3.29. The van der Waals surface area contributed by atoms with E-state index in [4.69, 9.17) is 0 Å². The van der Waals surface area contributed by atoms with Crippen molar-refractivity contribution in [1.82, 2.24) is 14.8 Å². The molecule has 5 rings (SSSR count). The Kier molecular flexibility index (Phi) is 5.19. The number of amides is 2. The van der Waals surface area contributed by atoms with Crippen molar-refractivity contribution in [3.63, 3.8) is 0 Å². The van der Waals surface area contributed by atoms with Crippen molar-refractivity contribution < 1.29 is 9.59 Å². The van der Waals surface area contributed by atoms with E-state index in [9.17, 15) is 9.59 Å². The summed E-state index contributed by atoms with van der Waals surface area (Å²) in [6.45, 7) is 4.64. The summed E-state index contributed by atoms with van der Waals surface area (Å²) in [5.41, 5.74) is 3.10. The zero-order valence-electron chi connectivity index (χ0n) is 17.7. The second-order valence-electron chi connectivity index (χ2n) is 8.83. The summed E-state index contributed by atoms with van der Waals surface area (Å²) < 4.78 is 0. The molecule has 2 amide bonds. The Hall–Kier alpha value is -3.19. The molecule has 7 nitrogen and oxygen atoms in total. The van der Waals surface area contributed by atoms with Gasteiger partial charge in [0, 0.05) is 68.1 Å². The maximum atomic E-state index is 12.8. The smallest absolute Gasteiger partial charge is 0.246 e. The number of anilines is 2. The van der Waals surface area contributed by atoms with Crippen molar-refractivity contribution in [2.75, 3.05) is 50.0 Å². The second kappa shape index (κ2) is 8.15. The maximum absolute atomic E-state index is 12.8. The first-order valence-electron chi connectivity index (χ1n) is 10.8. The Balaban J connectivity index is 1.21. The molecule has 0 spiro atoms. The minimum atomic E-state index is -0.0577. The van der Waals surface area contributed by atoms with Gasteiger partial charge in [-0.05, 0) is 36.9 Å². The summed E-state index contributed by atoms with van der Waals surface area (Å²) in [4.78, 5) is 35.3. The van der Waals surface area contributed by atoms with E-state index in [1.54, 1.807) is 12.3 Å². The number of hydrogen-bond donors (Lipinski definition) is 1. The second-order valence-corrected chi connectivity index (χ2v) is 8.83. The Bertz CT molecular complexity index is 1010. The number of fused-ring (bicyclic) bond motifs is 2. The van der Waals surface area contributed by atoms with E-state index < -0.39 is 0 Å². The molecule has 2 fully saturated rings. The van der Waals surface area contributed by atoms with E-state index in [0.717, 1.165) is 37.3 Å². The van der Waals surface area contributed by atoms with Gasteiger partial charge in [0.15, 0.2) is 0 Å². The summed E-state index contributed by atoms with van der Waals surface area (Å²) in [5.74, 6) is 1.67. The van der Waals surface area contributed by atoms with Gasteiger partial charge in [0.05, 0.1) is 6.54 Å². The van der Waals surface area contributed by atoms with Crippen LogP contribution in [0, 0.1) is 11.8 Å². The molecule has 0 bridgehead atoms. The fourth-order valence-corrected chi connectivity index (χ4v) is 4.91. The number of rotatable bonds is 3. The first-order chi connectivity index (χ1) is 15.0. The lowest BCUT2D eigenvalue weighted by atomic mass is 10.0. The molecule has 0 radical (unpaired) electrons. The Morgan fingerprint density at radius 2 is 1.84 bits per heavy atom. The number of carbonyl (C=O) groups excluding carboxylic acids is 2. The van der Waals surface area contributed by atoms with Crippen LogP contribution >= 0.6 is 0 Å². The van der Waals surface area contributed by atoms with Crippen molar-refractivity contribution in [3.05, 3.63) is 59.8 Å². The van der Waals surface area contributed by atoms with Gasteiger partial charge in [-0.25, -0.2) is 4.98 Å². The molecular weight excluding hydrogens is 390 g/mol. The molecule has 0 aliphatic carbocycles. The van der Waals surface area contributed by atoms with Gasteiger partial charge in [-0.1, -0.05) is 18.2 Å². The summed E-state index contributed by atoms with van der Waals surface area (Å²) in [6, 6.07) is 12.5. The summed E-state index contributed by atoms with van der Waals surface area (Å²) in [7, 11) is 1.91. The molecule has 7 heteroatoms. The van der Waals surface area contributed by atoms with Gasteiger partial charge in [-0.2, -0.15) is 0 Å². The zero-order valence-corrected chi connectivity index (χ0v) is 17.7. The molecule has 2 saturated heterocycles. The number of nitrogens with one attached hydrogen (secondary N) is 1. The van der Waals surface area contributed by atoms with E-state index in [2.05, 4.69) is 39.5 Å². The van der Waals surface area contributed by atoms with E-state index in [1.165, 1.54) is 5.69 Å². The summed E-state index contributed by atoms with van der Waals surface area (Å²) in [6.07, 6.45) is 5.18. The fraction of sp³-hybridized carbons (Fsp3) is 0.375. The Morgan fingerprint density at radius 1 is 1.10 bits per heavy atom. The van der Waals surface area contributed by atoms with Crippen molar-refractivity contribution in [1.29, 1.82) is 0 Å². The Labute approximate surface area is 182 Å². The van der Waals surface area contributed by atoms with E-state index in [0.29, 0.717) is 30.7 Å². The molecule has 1 N–H and O–H groups in total. The van der Waals surface area contributed by atoms with Crippen LogP contribution in [0.3, 0.4) is 0 Å². The molecule has 2 atom stereocenters. The largest absolute Gasteiger partial charge is 0.371 e. The molecule has 1 aromatic carbocycles. The number of nitrogens with zero attached hydrogens (tertiary/aromatic N) is 4. The van der Waals surface area contributed by atoms with Crippen molar-refractivity contribution in [3.8, 4) is 0 Å². The van der Waals surface area contributed by atoms with Gasteiger partial charge in [-0.3, -0.25) is 14.5 Å². The van der Waals surface area contributed by atoms with Crippen LogP contribution in [0.15, 0.2) is 48.7 Å². The average molecular weight is 418 g/mol. The summed E-state index contributed by atoms with van der Waals surface area (Å²) >= 11 is 0. The minimum absolute atomic E-state index is 0.0565. The van der Waals surface area contributed by atoms with Gasteiger partial charge in [-0.15, -0.1) is 0 Å². The van der Waals surface area contributed by atoms with Crippen LogP contribution in [-0.4, -0.2) is 66.4 Å². The monoisotopic (exact) mass is 417 g/mol. The van der Waals surface area contributed by atoms with Crippen molar-refractivity contribution in [2.45, 2.75) is 6.54 Å². The molecular formula is C24H27N5O2. The third-order valence-electron chi connectivity index (χ3n) is 6.44. The minimum Gasteiger partial charge on any atom is -0.371 e. The van der Waals surface area contributed by atoms with Gasteiger partial charge < -0.3 is 15.1 Å². The van der Waals surface area contributed by atoms with Crippen molar-refractivity contribution >= 4 is 29.4 Å². The Morgan fingerprint density at radius 3 is 2.58 bits per heavy atom. The first-order valence-corrected chi connectivity index (χ1v) is 10.8. The number of hydrogen-bond acceptors (Lipinski definition) is 5. The SMILES string of the molecule is CN1CC(=O)Nc2ncc(C=CC(=O)N3CC4CN(c5ccccc5)CC4C3)cc2C1. The molecule has 0 saturated carbocycles. The van der Waals surface area contributed by atoms with Gasteiger partial charge >= 0.3 is 0 Å².